The van der Waals surface area contributed by atoms with E-state index in [0.717, 1.165) is 0 Å². The van der Waals surface area contributed by atoms with Crippen molar-refractivity contribution in [3.63, 3.8) is 0 Å². The van der Waals surface area contributed by atoms with E-state index in [9.17, 15) is 24.3 Å². The first-order chi connectivity index (χ1) is 11.7. The van der Waals surface area contributed by atoms with Gasteiger partial charge in [0.2, 0.25) is 17.7 Å². The van der Waals surface area contributed by atoms with Crippen molar-refractivity contribution in [2.45, 2.75) is 44.0 Å². The Kier molecular flexibility index (Phi) is 8.13. The molecule has 0 aromatic rings. The predicted octanol–water partition coefficient (Wildman–Crippen LogP) is -2.70. The molecular weight excluding hydrogens is 352 g/mol. The summed E-state index contributed by atoms with van der Waals surface area (Å²) in [5.41, 5.74) is 5.43. The second-order valence-corrected chi connectivity index (χ2v) is 6.18. The van der Waals surface area contributed by atoms with Crippen LogP contribution in [0, 0.1) is 0 Å². The van der Waals surface area contributed by atoms with E-state index in [2.05, 4.69) is 23.3 Å². The van der Waals surface area contributed by atoms with Crippen molar-refractivity contribution < 1.29 is 29.4 Å². The number of amides is 3. The van der Waals surface area contributed by atoms with E-state index in [-0.39, 0.29) is 5.75 Å². The van der Waals surface area contributed by atoms with Gasteiger partial charge < -0.3 is 31.5 Å². The van der Waals surface area contributed by atoms with E-state index >= 15 is 0 Å². The minimum atomic E-state index is -1.17. The molecule has 1 fully saturated rings. The summed E-state index contributed by atoms with van der Waals surface area (Å²) in [5.74, 6) is -2.99. The Morgan fingerprint density at radius 3 is 2.52 bits per heavy atom. The summed E-state index contributed by atoms with van der Waals surface area (Å²) in [5, 5.41) is 23.0. The van der Waals surface area contributed by atoms with Gasteiger partial charge in [-0.05, 0) is 19.8 Å². The van der Waals surface area contributed by atoms with Gasteiger partial charge in [0.1, 0.15) is 18.1 Å². The van der Waals surface area contributed by atoms with Gasteiger partial charge in [-0.15, -0.1) is 0 Å². The topological polar surface area (TPSA) is 162 Å². The van der Waals surface area contributed by atoms with Crippen LogP contribution in [-0.4, -0.2) is 81.9 Å². The molecule has 3 amide bonds. The number of nitrogens with zero attached hydrogens (tertiary/aromatic N) is 1. The first-order valence-electron chi connectivity index (χ1n) is 7.83. The number of carboxylic acid groups (broad SMARTS) is 1. The van der Waals surface area contributed by atoms with E-state index in [1.54, 1.807) is 0 Å². The number of hydrogen-bond donors (Lipinski definition) is 6. The van der Waals surface area contributed by atoms with Gasteiger partial charge in [-0.1, -0.05) is 0 Å². The molecule has 142 valence electrons. The molecule has 4 unspecified atom stereocenters. The molecular formula is C14H24N4O6S. The van der Waals surface area contributed by atoms with Gasteiger partial charge in [-0.3, -0.25) is 14.4 Å². The highest BCUT2D eigenvalue weighted by Gasteiger charge is 2.37. The van der Waals surface area contributed by atoms with Gasteiger partial charge in [-0.25, -0.2) is 4.79 Å². The number of rotatable bonds is 8. The maximum absolute atomic E-state index is 12.4. The summed E-state index contributed by atoms with van der Waals surface area (Å²) in [7, 11) is 0. The van der Waals surface area contributed by atoms with Crippen LogP contribution in [0.4, 0.5) is 0 Å². The molecule has 0 aromatic carbocycles. The normalized spacial score (nSPS) is 20.5. The Hall–Kier alpha value is -1.85. The SMILES string of the molecule is CC(O)C(N)C(=O)NCC(=O)NC(CS)C(=O)N1CCCC1C(=O)O. The van der Waals surface area contributed by atoms with Crippen molar-refractivity contribution in [1.82, 2.24) is 15.5 Å². The molecule has 0 aliphatic carbocycles. The molecule has 6 N–H and O–H groups in total. The maximum Gasteiger partial charge on any atom is 0.326 e. The molecule has 25 heavy (non-hydrogen) atoms. The lowest BCUT2D eigenvalue weighted by Crippen LogP contribution is -2.55. The molecule has 0 bridgehead atoms. The number of carbonyl (C=O) groups is 4. The van der Waals surface area contributed by atoms with E-state index in [0.29, 0.717) is 19.4 Å². The maximum atomic E-state index is 12.4. The molecule has 1 aliphatic heterocycles. The number of aliphatic hydroxyl groups excluding tert-OH is 1. The summed E-state index contributed by atoms with van der Waals surface area (Å²) in [6.07, 6.45) is -0.136. The fourth-order valence-corrected chi connectivity index (χ4v) is 2.67. The van der Waals surface area contributed by atoms with E-state index in [4.69, 9.17) is 10.8 Å². The van der Waals surface area contributed by atoms with Gasteiger partial charge >= 0.3 is 5.97 Å². The first kappa shape index (κ1) is 21.2. The van der Waals surface area contributed by atoms with Crippen LogP contribution in [0.2, 0.25) is 0 Å². The lowest BCUT2D eigenvalue weighted by Gasteiger charge is -2.26. The Morgan fingerprint density at radius 1 is 1.36 bits per heavy atom. The van der Waals surface area contributed by atoms with Crippen LogP contribution < -0.4 is 16.4 Å². The minimum Gasteiger partial charge on any atom is -0.480 e. The van der Waals surface area contributed by atoms with Gasteiger partial charge in [0.25, 0.3) is 0 Å². The summed E-state index contributed by atoms with van der Waals surface area (Å²) < 4.78 is 0. The lowest BCUT2D eigenvalue weighted by atomic mass is 10.2. The van der Waals surface area contributed by atoms with Gasteiger partial charge in [0, 0.05) is 12.3 Å². The second kappa shape index (κ2) is 9.59. The number of nitrogens with one attached hydrogen (secondary N) is 2. The van der Waals surface area contributed by atoms with Crippen molar-refractivity contribution >= 4 is 36.3 Å². The van der Waals surface area contributed by atoms with Crippen molar-refractivity contribution in [2.24, 2.45) is 5.73 Å². The monoisotopic (exact) mass is 376 g/mol. The molecule has 1 aliphatic rings. The fourth-order valence-electron chi connectivity index (χ4n) is 2.42. The van der Waals surface area contributed by atoms with Gasteiger partial charge in [-0.2, -0.15) is 12.6 Å². The third-order valence-electron chi connectivity index (χ3n) is 3.88. The van der Waals surface area contributed by atoms with Gasteiger partial charge in [0.15, 0.2) is 0 Å². The molecule has 0 spiro atoms. The third kappa shape index (κ3) is 5.87. The quantitative estimate of drug-likeness (QED) is 0.251. The molecule has 0 saturated carbocycles. The molecule has 4 atom stereocenters. The van der Waals surface area contributed by atoms with E-state index in [1.165, 1.54) is 11.8 Å². The molecule has 0 radical (unpaired) electrons. The highest BCUT2D eigenvalue weighted by molar-refractivity contribution is 7.80. The lowest BCUT2D eigenvalue weighted by molar-refractivity contribution is -0.149. The number of carbonyl (C=O) groups excluding carboxylic acids is 3. The number of nitrogens with two attached hydrogens (primary N) is 1. The minimum absolute atomic E-state index is 0.0193. The van der Waals surface area contributed by atoms with Crippen molar-refractivity contribution in [1.29, 1.82) is 0 Å². The molecule has 0 aromatic heterocycles. The molecule has 10 nitrogen and oxygen atoms in total. The Balaban J connectivity index is 2.57. The standard InChI is InChI=1S/C14H24N4O6S/c1-7(19)11(15)12(21)16-5-10(20)17-8(6-25)13(22)18-4-2-3-9(18)14(23)24/h7-9,11,19,25H,2-6,15H2,1H3,(H,16,21)(H,17,20)(H,23,24). The van der Waals surface area contributed by atoms with Crippen LogP contribution in [0.3, 0.4) is 0 Å². The van der Waals surface area contributed by atoms with E-state index in [1.807, 2.05) is 0 Å². The first-order valence-corrected chi connectivity index (χ1v) is 8.47. The Labute approximate surface area is 150 Å². The number of aliphatic carboxylic acids is 1. The molecule has 1 rings (SSSR count). The van der Waals surface area contributed by atoms with Crippen LogP contribution in [-0.2, 0) is 19.2 Å². The highest BCUT2D eigenvalue weighted by atomic mass is 32.1. The number of hydrogen-bond acceptors (Lipinski definition) is 7. The number of aliphatic hydroxyl groups is 1. The van der Waals surface area contributed by atoms with Gasteiger partial charge in [0.05, 0.1) is 12.6 Å². The average molecular weight is 376 g/mol. The number of likely N-dealkylation sites (tertiary alicyclic amines) is 1. The average Bonchev–Trinajstić information content (AvgIpc) is 3.05. The van der Waals surface area contributed by atoms with Crippen molar-refractivity contribution in [3.05, 3.63) is 0 Å². The zero-order chi connectivity index (χ0) is 19.1. The van der Waals surface area contributed by atoms with Crippen molar-refractivity contribution in [2.75, 3.05) is 18.8 Å². The molecule has 1 heterocycles. The van der Waals surface area contributed by atoms with Crippen LogP contribution >= 0.6 is 12.6 Å². The fraction of sp³-hybridized carbons (Fsp3) is 0.714. The zero-order valence-corrected chi connectivity index (χ0v) is 14.7. The Morgan fingerprint density at radius 2 is 2.00 bits per heavy atom. The summed E-state index contributed by atoms with van der Waals surface area (Å²) in [4.78, 5) is 48.3. The molecule has 1 saturated heterocycles. The number of carboxylic acids is 1. The summed E-state index contributed by atoms with van der Waals surface area (Å²) in [6, 6.07) is -3.08. The largest absolute Gasteiger partial charge is 0.480 e. The zero-order valence-electron chi connectivity index (χ0n) is 13.8. The summed E-state index contributed by atoms with van der Waals surface area (Å²) >= 11 is 4.02. The van der Waals surface area contributed by atoms with Crippen molar-refractivity contribution in [3.8, 4) is 0 Å². The smallest absolute Gasteiger partial charge is 0.326 e. The predicted molar refractivity (Wildman–Crippen MR) is 90.8 cm³/mol. The number of thiol groups is 1. The summed E-state index contributed by atoms with van der Waals surface area (Å²) in [6.45, 7) is 1.21. The second-order valence-electron chi connectivity index (χ2n) is 5.81. The van der Waals surface area contributed by atoms with Crippen LogP contribution in [0.25, 0.3) is 0 Å². The third-order valence-corrected chi connectivity index (χ3v) is 4.25. The molecule has 11 heteroatoms. The van der Waals surface area contributed by atoms with Crippen LogP contribution in [0.1, 0.15) is 19.8 Å². The van der Waals surface area contributed by atoms with Crippen LogP contribution in [0.15, 0.2) is 0 Å². The van der Waals surface area contributed by atoms with E-state index < -0.39 is 54.5 Å². The Bertz CT molecular complexity index is 529. The van der Waals surface area contributed by atoms with Crippen LogP contribution in [0.5, 0.6) is 0 Å². The highest BCUT2D eigenvalue weighted by Crippen LogP contribution is 2.18.